The predicted octanol–water partition coefficient (Wildman–Crippen LogP) is 6.21. The van der Waals surface area contributed by atoms with Gasteiger partial charge in [0.1, 0.15) is 6.10 Å². The first-order valence-corrected chi connectivity index (χ1v) is 12.1. The Bertz CT molecular complexity index is 391. The molecule has 0 saturated heterocycles. The van der Waals surface area contributed by atoms with Crippen molar-refractivity contribution in [1.29, 1.82) is 0 Å². The molecule has 2 fully saturated rings. The van der Waals surface area contributed by atoms with Gasteiger partial charge in [0.05, 0.1) is 6.42 Å². The van der Waals surface area contributed by atoms with Crippen LogP contribution in [0, 0.1) is 17.8 Å². The number of rotatable bonds is 11. The molecular formula is C24H45NO2. The van der Waals surface area contributed by atoms with E-state index in [4.69, 9.17) is 4.74 Å². The molecule has 2 rings (SSSR count). The van der Waals surface area contributed by atoms with Crippen LogP contribution in [0.1, 0.15) is 104 Å². The summed E-state index contributed by atoms with van der Waals surface area (Å²) in [6, 6.07) is 0. The molecule has 0 aromatic heterocycles. The third kappa shape index (κ3) is 8.13. The van der Waals surface area contributed by atoms with Gasteiger partial charge in [-0.2, -0.15) is 0 Å². The van der Waals surface area contributed by atoms with Crippen molar-refractivity contribution in [3.05, 3.63) is 0 Å². The number of nitrogens with zero attached hydrogens (tertiary/aromatic N) is 1. The maximum absolute atomic E-state index is 12.1. The zero-order valence-electron chi connectivity index (χ0n) is 18.4. The lowest BCUT2D eigenvalue weighted by atomic mass is 9.70. The molecule has 3 heteroatoms. The highest BCUT2D eigenvalue weighted by molar-refractivity contribution is 5.69. The molecule has 0 bridgehead atoms. The van der Waals surface area contributed by atoms with Crippen LogP contribution in [0.25, 0.3) is 0 Å². The molecule has 0 heterocycles. The molecule has 3 nitrogen and oxygen atoms in total. The first-order chi connectivity index (χ1) is 13.2. The van der Waals surface area contributed by atoms with E-state index >= 15 is 0 Å². The van der Waals surface area contributed by atoms with Gasteiger partial charge < -0.3 is 9.64 Å². The van der Waals surface area contributed by atoms with E-state index in [1.807, 2.05) is 0 Å². The van der Waals surface area contributed by atoms with Gasteiger partial charge in [0.25, 0.3) is 0 Å². The highest BCUT2D eigenvalue weighted by atomic mass is 16.5. The number of carbonyl (C=O) groups is 1. The molecule has 0 amide bonds. The lowest BCUT2D eigenvalue weighted by Gasteiger charge is -2.37. The van der Waals surface area contributed by atoms with Gasteiger partial charge in [0.2, 0.25) is 0 Å². The molecule has 2 aliphatic rings. The van der Waals surface area contributed by atoms with Crippen molar-refractivity contribution in [2.75, 3.05) is 19.6 Å². The third-order valence-electron chi connectivity index (χ3n) is 7.32. The van der Waals surface area contributed by atoms with Crippen LogP contribution in [0.2, 0.25) is 0 Å². The summed E-state index contributed by atoms with van der Waals surface area (Å²) in [4.78, 5) is 14.4. The Kier molecular flexibility index (Phi) is 10.8. The van der Waals surface area contributed by atoms with Gasteiger partial charge in [-0.3, -0.25) is 4.79 Å². The standard InChI is InChI=1S/C24H45NO2/c1-4-7-8-9-20-10-12-21(13-11-20)22-14-16-23(17-15-22)27-24(26)18-19-25(5-2)6-3/h20-23H,4-19H2,1-3H3. The van der Waals surface area contributed by atoms with Crippen molar-refractivity contribution >= 4 is 5.97 Å². The lowest BCUT2D eigenvalue weighted by Crippen LogP contribution is -2.31. The monoisotopic (exact) mass is 379 g/mol. The number of hydrogen-bond donors (Lipinski definition) is 0. The molecule has 158 valence electrons. The molecule has 0 spiro atoms. The quantitative estimate of drug-likeness (QED) is 0.316. The molecule has 0 atom stereocenters. The summed E-state index contributed by atoms with van der Waals surface area (Å²) in [6.07, 6.45) is 17.0. The molecule has 0 radical (unpaired) electrons. The van der Waals surface area contributed by atoms with Crippen molar-refractivity contribution in [2.45, 2.75) is 110 Å². The molecule has 0 aliphatic heterocycles. The summed E-state index contributed by atoms with van der Waals surface area (Å²) in [5.74, 6) is 2.87. The van der Waals surface area contributed by atoms with Crippen LogP contribution in [-0.2, 0) is 9.53 Å². The minimum absolute atomic E-state index is 0.0120. The maximum atomic E-state index is 12.1. The molecule has 0 aromatic carbocycles. The fourth-order valence-electron chi connectivity index (χ4n) is 5.34. The molecule has 2 saturated carbocycles. The topological polar surface area (TPSA) is 29.5 Å². The first-order valence-electron chi connectivity index (χ1n) is 12.1. The fourth-order valence-corrected chi connectivity index (χ4v) is 5.34. The second-order valence-corrected chi connectivity index (χ2v) is 9.08. The number of esters is 1. The Balaban J connectivity index is 1.59. The average Bonchev–Trinajstić information content (AvgIpc) is 2.70. The van der Waals surface area contributed by atoms with Crippen LogP contribution in [0.4, 0.5) is 0 Å². The first kappa shape index (κ1) is 22.7. The molecule has 0 unspecified atom stereocenters. The number of unbranched alkanes of at least 4 members (excludes halogenated alkanes) is 2. The third-order valence-corrected chi connectivity index (χ3v) is 7.32. The Hall–Kier alpha value is -0.570. The largest absolute Gasteiger partial charge is 0.462 e. The number of carbonyl (C=O) groups excluding carboxylic acids is 1. The lowest BCUT2D eigenvalue weighted by molar-refractivity contribution is -0.151. The minimum atomic E-state index is 0.0120. The van der Waals surface area contributed by atoms with Crippen molar-refractivity contribution < 1.29 is 9.53 Å². The molecule has 0 aromatic rings. The maximum Gasteiger partial charge on any atom is 0.307 e. The van der Waals surface area contributed by atoms with Gasteiger partial charge >= 0.3 is 5.97 Å². The molecule has 0 N–H and O–H groups in total. The Morgan fingerprint density at radius 3 is 2.00 bits per heavy atom. The number of hydrogen-bond acceptors (Lipinski definition) is 3. The number of ether oxygens (including phenoxy) is 1. The van der Waals surface area contributed by atoms with Crippen LogP contribution < -0.4 is 0 Å². The second-order valence-electron chi connectivity index (χ2n) is 9.08. The van der Waals surface area contributed by atoms with E-state index in [9.17, 15) is 4.79 Å². The summed E-state index contributed by atoms with van der Waals surface area (Å²) in [5, 5.41) is 0. The minimum Gasteiger partial charge on any atom is -0.462 e. The zero-order chi connectivity index (χ0) is 19.5. The van der Waals surface area contributed by atoms with Crippen LogP contribution in [0.3, 0.4) is 0 Å². The highest BCUT2D eigenvalue weighted by Crippen LogP contribution is 2.41. The van der Waals surface area contributed by atoms with Gasteiger partial charge in [-0.25, -0.2) is 0 Å². The Labute approximate surface area is 168 Å². The second kappa shape index (κ2) is 12.8. The summed E-state index contributed by atoms with van der Waals surface area (Å²) < 4.78 is 5.77. The molecule has 2 aliphatic carbocycles. The van der Waals surface area contributed by atoms with Crippen molar-refractivity contribution in [2.24, 2.45) is 17.8 Å². The Morgan fingerprint density at radius 1 is 0.852 bits per heavy atom. The summed E-state index contributed by atoms with van der Waals surface area (Å²) in [7, 11) is 0. The van der Waals surface area contributed by atoms with Gasteiger partial charge in [-0.05, 0) is 69.4 Å². The van der Waals surface area contributed by atoms with Crippen LogP contribution in [0.15, 0.2) is 0 Å². The van der Waals surface area contributed by atoms with Gasteiger partial charge in [0.15, 0.2) is 0 Å². The van der Waals surface area contributed by atoms with Crippen LogP contribution in [-0.4, -0.2) is 36.6 Å². The van der Waals surface area contributed by atoms with E-state index in [-0.39, 0.29) is 12.1 Å². The van der Waals surface area contributed by atoms with Crippen molar-refractivity contribution in [3.8, 4) is 0 Å². The summed E-state index contributed by atoms with van der Waals surface area (Å²) in [6.45, 7) is 9.45. The van der Waals surface area contributed by atoms with Gasteiger partial charge in [-0.15, -0.1) is 0 Å². The predicted molar refractivity (Wildman–Crippen MR) is 114 cm³/mol. The Morgan fingerprint density at radius 2 is 1.44 bits per heavy atom. The molecular weight excluding hydrogens is 334 g/mol. The average molecular weight is 380 g/mol. The van der Waals surface area contributed by atoms with E-state index in [1.165, 1.54) is 64.2 Å². The summed E-state index contributed by atoms with van der Waals surface area (Å²) in [5.41, 5.74) is 0. The van der Waals surface area contributed by atoms with E-state index < -0.39 is 0 Å². The SMILES string of the molecule is CCCCCC1CCC(C2CCC(OC(=O)CCN(CC)CC)CC2)CC1. The summed E-state index contributed by atoms with van der Waals surface area (Å²) >= 11 is 0. The highest BCUT2D eigenvalue weighted by Gasteiger charge is 2.31. The fraction of sp³-hybridized carbons (Fsp3) is 0.958. The van der Waals surface area contributed by atoms with Gasteiger partial charge in [0, 0.05) is 6.54 Å². The zero-order valence-corrected chi connectivity index (χ0v) is 18.4. The van der Waals surface area contributed by atoms with Crippen LogP contribution in [0.5, 0.6) is 0 Å². The van der Waals surface area contributed by atoms with E-state index in [0.29, 0.717) is 6.42 Å². The van der Waals surface area contributed by atoms with E-state index in [0.717, 1.165) is 50.2 Å². The van der Waals surface area contributed by atoms with Crippen LogP contribution >= 0.6 is 0 Å². The van der Waals surface area contributed by atoms with E-state index in [2.05, 4.69) is 25.7 Å². The molecule has 27 heavy (non-hydrogen) atoms. The van der Waals surface area contributed by atoms with E-state index in [1.54, 1.807) is 0 Å². The normalized spacial score (nSPS) is 29.0. The smallest absolute Gasteiger partial charge is 0.307 e. The van der Waals surface area contributed by atoms with Crippen molar-refractivity contribution in [3.63, 3.8) is 0 Å². The van der Waals surface area contributed by atoms with Crippen molar-refractivity contribution in [1.82, 2.24) is 4.90 Å². The van der Waals surface area contributed by atoms with Gasteiger partial charge in [-0.1, -0.05) is 59.3 Å².